The van der Waals surface area contributed by atoms with E-state index in [0.717, 1.165) is 0 Å². The predicted octanol–water partition coefficient (Wildman–Crippen LogP) is 2.80. The van der Waals surface area contributed by atoms with E-state index in [2.05, 4.69) is 4.98 Å². The van der Waals surface area contributed by atoms with Gasteiger partial charge in [0.1, 0.15) is 0 Å². The highest BCUT2D eigenvalue weighted by Crippen LogP contribution is 2.34. The second-order valence-electron chi connectivity index (χ2n) is 4.63. The van der Waals surface area contributed by atoms with Gasteiger partial charge in [0, 0.05) is 31.0 Å². The van der Waals surface area contributed by atoms with Crippen LogP contribution in [0.15, 0.2) is 18.2 Å². The molecule has 20 heavy (non-hydrogen) atoms. The van der Waals surface area contributed by atoms with Crippen LogP contribution in [-0.2, 0) is 4.79 Å². The molecule has 1 unspecified atom stereocenters. The minimum atomic E-state index is -0.441. The lowest BCUT2D eigenvalue weighted by molar-refractivity contribution is -0.384. The van der Waals surface area contributed by atoms with Crippen LogP contribution in [0.4, 0.5) is 10.8 Å². The van der Waals surface area contributed by atoms with Crippen LogP contribution in [0.2, 0.25) is 0 Å². The first-order valence-electron chi connectivity index (χ1n) is 6.00. The standard InChI is InChI=1S/C12H10ClN3O3S/c13-5-7-3-11(17)15(6-7)12-14-9-2-1-8(16(18)19)4-10(9)20-12/h1-2,4,7H,3,5-6H2. The molecule has 0 N–H and O–H groups in total. The van der Waals surface area contributed by atoms with Crippen molar-refractivity contribution in [3.8, 4) is 0 Å². The number of anilines is 1. The van der Waals surface area contributed by atoms with Gasteiger partial charge < -0.3 is 0 Å². The van der Waals surface area contributed by atoms with Crippen LogP contribution in [0.3, 0.4) is 0 Å². The number of carbonyl (C=O) groups is 1. The Morgan fingerprint density at radius 3 is 3.00 bits per heavy atom. The zero-order valence-electron chi connectivity index (χ0n) is 10.3. The zero-order chi connectivity index (χ0) is 14.3. The molecule has 6 nitrogen and oxygen atoms in total. The molecule has 8 heteroatoms. The second kappa shape index (κ2) is 4.99. The second-order valence-corrected chi connectivity index (χ2v) is 5.95. The highest BCUT2D eigenvalue weighted by molar-refractivity contribution is 7.22. The molecule has 2 heterocycles. The van der Waals surface area contributed by atoms with Crippen LogP contribution < -0.4 is 4.90 Å². The molecule has 0 aliphatic carbocycles. The summed E-state index contributed by atoms with van der Waals surface area (Å²) in [6.07, 6.45) is 0.430. The number of nitro groups is 1. The van der Waals surface area contributed by atoms with Crippen LogP contribution in [0.25, 0.3) is 10.2 Å². The van der Waals surface area contributed by atoms with Crippen molar-refractivity contribution in [3.05, 3.63) is 28.3 Å². The van der Waals surface area contributed by atoms with E-state index in [4.69, 9.17) is 11.6 Å². The number of aromatic nitrogens is 1. The molecule has 3 rings (SSSR count). The smallest absolute Gasteiger partial charge is 0.270 e. The van der Waals surface area contributed by atoms with Crippen LogP contribution in [0, 0.1) is 16.0 Å². The number of halogens is 1. The van der Waals surface area contributed by atoms with E-state index >= 15 is 0 Å². The van der Waals surface area contributed by atoms with Gasteiger partial charge in [-0.2, -0.15) is 0 Å². The van der Waals surface area contributed by atoms with E-state index in [9.17, 15) is 14.9 Å². The summed E-state index contributed by atoms with van der Waals surface area (Å²) >= 11 is 7.08. The molecule has 104 valence electrons. The number of amides is 1. The number of hydrogen-bond donors (Lipinski definition) is 0. The van der Waals surface area contributed by atoms with Gasteiger partial charge in [0.2, 0.25) is 5.91 Å². The molecule has 0 radical (unpaired) electrons. The van der Waals surface area contributed by atoms with Crippen LogP contribution in [0.1, 0.15) is 6.42 Å². The Morgan fingerprint density at radius 2 is 2.35 bits per heavy atom. The number of nitro benzene ring substituents is 1. The summed E-state index contributed by atoms with van der Waals surface area (Å²) in [6, 6.07) is 4.50. The number of non-ortho nitro benzene ring substituents is 1. The van der Waals surface area contributed by atoms with E-state index < -0.39 is 4.92 Å². The van der Waals surface area contributed by atoms with Crippen molar-refractivity contribution in [1.82, 2.24) is 4.98 Å². The number of fused-ring (bicyclic) bond motifs is 1. The van der Waals surface area contributed by atoms with Gasteiger partial charge in [-0.05, 0) is 12.0 Å². The van der Waals surface area contributed by atoms with Gasteiger partial charge in [-0.15, -0.1) is 11.6 Å². The Labute approximate surface area is 123 Å². The summed E-state index contributed by atoms with van der Waals surface area (Å²) < 4.78 is 0.705. The first kappa shape index (κ1) is 13.3. The summed E-state index contributed by atoms with van der Waals surface area (Å²) in [7, 11) is 0. The molecule has 0 spiro atoms. The average Bonchev–Trinajstić information content (AvgIpc) is 3.00. The van der Waals surface area contributed by atoms with E-state index in [1.807, 2.05) is 0 Å². The number of hydrogen-bond acceptors (Lipinski definition) is 5. The Hall–Kier alpha value is -1.73. The molecule has 1 fully saturated rings. The quantitative estimate of drug-likeness (QED) is 0.496. The van der Waals surface area contributed by atoms with Crippen molar-refractivity contribution in [2.75, 3.05) is 17.3 Å². The molecule has 0 bridgehead atoms. The van der Waals surface area contributed by atoms with Crippen molar-refractivity contribution < 1.29 is 9.72 Å². The Balaban J connectivity index is 1.97. The monoisotopic (exact) mass is 311 g/mol. The third-order valence-electron chi connectivity index (χ3n) is 3.23. The molecule has 0 saturated carbocycles. The fourth-order valence-electron chi connectivity index (χ4n) is 2.20. The van der Waals surface area contributed by atoms with E-state index in [0.29, 0.717) is 34.2 Å². The third-order valence-corrected chi connectivity index (χ3v) is 4.70. The lowest BCUT2D eigenvalue weighted by atomic mass is 10.2. The molecule has 1 aromatic carbocycles. The molecule has 1 aromatic heterocycles. The molecule has 1 saturated heterocycles. The van der Waals surface area contributed by atoms with Crippen LogP contribution >= 0.6 is 22.9 Å². The van der Waals surface area contributed by atoms with Crippen molar-refractivity contribution >= 4 is 49.9 Å². The van der Waals surface area contributed by atoms with Crippen LogP contribution in [-0.4, -0.2) is 28.2 Å². The highest BCUT2D eigenvalue weighted by atomic mass is 35.5. The topological polar surface area (TPSA) is 76.3 Å². The zero-order valence-corrected chi connectivity index (χ0v) is 11.9. The number of rotatable bonds is 3. The van der Waals surface area contributed by atoms with Crippen molar-refractivity contribution in [2.24, 2.45) is 5.92 Å². The molecular weight excluding hydrogens is 302 g/mol. The molecule has 1 amide bonds. The van der Waals surface area contributed by atoms with Gasteiger partial charge in [-0.1, -0.05) is 11.3 Å². The maximum absolute atomic E-state index is 11.9. The van der Waals surface area contributed by atoms with E-state index in [1.54, 1.807) is 11.0 Å². The van der Waals surface area contributed by atoms with Gasteiger partial charge in [-0.25, -0.2) is 4.98 Å². The first-order chi connectivity index (χ1) is 9.58. The number of thiazole rings is 1. The number of benzene rings is 1. The summed E-state index contributed by atoms with van der Waals surface area (Å²) in [6.45, 7) is 0.560. The maximum Gasteiger partial charge on any atom is 0.270 e. The third kappa shape index (κ3) is 2.23. The number of alkyl halides is 1. The highest BCUT2D eigenvalue weighted by Gasteiger charge is 2.31. The lowest BCUT2D eigenvalue weighted by Crippen LogP contribution is -2.24. The van der Waals surface area contributed by atoms with Gasteiger partial charge in [0.05, 0.1) is 15.1 Å². The Morgan fingerprint density at radius 1 is 1.55 bits per heavy atom. The SMILES string of the molecule is O=C1CC(CCl)CN1c1nc2ccc([N+](=O)[O-])cc2s1. The maximum atomic E-state index is 11.9. The summed E-state index contributed by atoms with van der Waals surface area (Å²) in [5, 5.41) is 11.3. The van der Waals surface area contributed by atoms with Gasteiger partial charge in [0.25, 0.3) is 5.69 Å². The molecular formula is C12H10ClN3O3S. The minimum absolute atomic E-state index is 0.00389. The normalized spacial score (nSPS) is 18.9. The lowest BCUT2D eigenvalue weighted by Gasteiger charge is -2.11. The average molecular weight is 312 g/mol. The van der Waals surface area contributed by atoms with Crippen molar-refractivity contribution in [3.63, 3.8) is 0 Å². The minimum Gasteiger partial charge on any atom is -0.288 e. The Kier molecular flexibility index (Phi) is 3.31. The van der Waals surface area contributed by atoms with Crippen molar-refractivity contribution in [1.29, 1.82) is 0 Å². The summed E-state index contributed by atoms with van der Waals surface area (Å²) in [5.41, 5.74) is 0.691. The summed E-state index contributed by atoms with van der Waals surface area (Å²) in [4.78, 5) is 28.2. The van der Waals surface area contributed by atoms with Gasteiger partial charge >= 0.3 is 0 Å². The van der Waals surface area contributed by atoms with Crippen LogP contribution in [0.5, 0.6) is 0 Å². The molecule has 1 aliphatic rings. The fraction of sp³-hybridized carbons (Fsp3) is 0.333. The van der Waals surface area contributed by atoms with E-state index in [1.165, 1.54) is 23.5 Å². The van der Waals surface area contributed by atoms with Crippen molar-refractivity contribution in [2.45, 2.75) is 6.42 Å². The number of nitrogens with zero attached hydrogens (tertiary/aromatic N) is 3. The largest absolute Gasteiger partial charge is 0.288 e. The molecule has 1 aliphatic heterocycles. The Bertz CT molecular complexity index is 702. The first-order valence-corrected chi connectivity index (χ1v) is 7.35. The van der Waals surface area contributed by atoms with Gasteiger partial charge in [0.15, 0.2) is 5.13 Å². The van der Waals surface area contributed by atoms with Gasteiger partial charge in [-0.3, -0.25) is 19.8 Å². The fourth-order valence-corrected chi connectivity index (χ4v) is 3.43. The number of carbonyl (C=O) groups excluding carboxylic acids is 1. The molecule has 1 atom stereocenters. The predicted molar refractivity (Wildman–Crippen MR) is 77.5 cm³/mol. The van der Waals surface area contributed by atoms with E-state index in [-0.39, 0.29) is 17.5 Å². The molecule has 2 aromatic rings. The summed E-state index contributed by atoms with van der Waals surface area (Å²) in [5.74, 6) is 0.591.